The molecule has 0 aliphatic rings. The molecule has 3 N–H and O–H groups in total. The van der Waals surface area contributed by atoms with E-state index in [4.69, 9.17) is 9.84 Å². The van der Waals surface area contributed by atoms with Crippen LogP contribution in [0.4, 0.5) is 13.6 Å². The number of halogens is 2. The first-order chi connectivity index (χ1) is 10.9. The molecule has 7 heteroatoms. The molecule has 0 aromatic heterocycles. The largest absolute Gasteiger partial charge is 0.396 e. The van der Waals surface area contributed by atoms with Crippen LogP contribution in [0, 0.1) is 17.6 Å². The lowest BCUT2D eigenvalue weighted by molar-refractivity contribution is 0.163. The number of amides is 2. The first kappa shape index (κ1) is 19.3. The quantitative estimate of drug-likeness (QED) is 0.685. The second-order valence-corrected chi connectivity index (χ2v) is 5.66. The van der Waals surface area contributed by atoms with E-state index in [1.807, 2.05) is 13.8 Å². The lowest BCUT2D eigenvalue weighted by Gasteiger charge is -2.24. The van der Waals surface area contributed by atoms with Crippen molar-refractivity contribution in [2.24, 2.45) is 5.92 Å². The predicted octanol–water partition coefficient (Wildman–Crippen LogP) is 2.36. The minimum Gasteiger partial charge on any atom is -0.396 e. The van der Waals surface area contributed by atoms with Gasteiger partial charge in [0.2, 0.25) is 0 Å². The number of carbonyl (C=O) groups is 1. The molecule has 2 amide bonds. The Morgan fingerprint density at radius 3 is 2.48 bits per heavy atom. The van der Waals surface area contributed by atoms with Gasteiger partial charge in [0, 0.05) is 19.8 Å². The van der Waals surface area contributed by atoms with Gasteiger partial charge < -0.3 is 20.5 Å². The summed E-state index contributed by atoms with van der Waals surface area (Å²) in [5.41, 5.74) is 0.407. The first-order valence-corrected chi connectivity index (χ1v) is 7.50. The highest BCUT2D eigenvalue weighted by atomic mass is 19.2. The van der Waals surface area contributed by atoms with Crippen LogP contribution in [0.25, 0.3) is 0 Å². The summed E-state index contributed by atoms with van der Waals surface area (Å²) in [6, 6.07) is 2.19. The molecule has 0 saturated carbocycles. The van der Waals surface area contributed by atoms with Gasteiger partial charge >= 0.3 is 6.03 Å². The molecule has 0 spiro atoms. The zero-order chi connectivity index (χ0) is 17.4. The fraction of sp³-hybridized carbons (Fsp3) is 0.562. The van der Waals surface area contributed by atoms with Crippen LogP contribution in [0.15, 0.2) is 18.2 Å². The number of ether oxygens (including phenoxy) is 1. The van der Waals surface area contributed by atoms with Gasteiger partial charge in [-0.25, -0.2) is 13.6 Å². The van der Waals surface area contributed by atoms with Crippen LogP contribution < -0.4 is 10.6 Å². The zero-order valence-electron chi connectivity index (χ0n) is 13.6. The molecule has 0 aliphatic heterocycles. The van der Waals surface area contributed by atoms with Gasteiger partial charge in [0.1, 0.15) is 0 Å². The minimum absolute atomic E-state index is 0.0339. The highest BCUT2D eigenvalue weighted by Crippen LogP contribution is 2.17. The molecule has 2 atom stereocenters. The minimum atomic E-state index is -0.980. The maximum Gasteiger partial charge on any atom is 0.315 e. The third kappa shape index (κ3) is 6.11. The normalized spacial score (nSPS) is 13.7. The Morgan fingerprint density at radius 1 is 1.26 bits per heavy atom. The van der Waals surface area contributed by atoms with Crippen LogP contribution in [0.2, 0.25) is 0 Å². The maximum absolute atomic E-state index is 13.4. The Kier molecular flexibility index (Phi) is 7.91. The molecule has 0 heterocycles. The Bertz CT molecular complexity index is 512. The molecule has 2 unspecified atom stereocenters. The summed E-state index contributed by atoms with van der Waals surface area (Å²) in [5, 5.41) is 14.5. The van der Waals surface area contributed by atoms with Crippen molar-refractivity contribution in [2.75, 3.05) is 20.3 Å². The number of methoxy groups -OCH3 is 1. The Balaban J connectivity index is 2.78. The Hall–Kier alpha value is -1.73. The summed E-state index contributed by atoms with van der Waals surface area (Å²) in [4.78, 5) is 12.1. The molecule has 23 heavy (non-hydrogen) atoms. The number of carbonyl (C=O) groups excluding carboxylic acids is 1. The zero-order valence-corrected chi connectivity index (χ0v) is 13.6. The van der Waals surface area contributed by atoms with Gasteiger partial charge in [0.25, 0.3) is 0 Å². The summed E-state index contributed by atoms with van der Waals surface area (Å²) in [7, 11) is 1.45. The number of aliphatic hydroxyl groups is 1. The molecule has 0 saturated heterocycles. The van der Waals surface area contributed by atoms with Crippen molar-refractivity contribution >= 4 is 6.03 Å². The number of hydrogen-bond donors (Lipinski definition) is 3. The average Bonchev–Trinajstić information content (AvgIpc) is 2.49. The summed E-state index contributed by atoms with van der Waals surface area (Å²) in [5.74, 6) is -1.78. The molecule has 0 bridgehead atoms. The molecule has 0 radical (unpaired) electrons. The molecular weight excluding hydrogens is 306 g/mol. The van der Waals surface area contributed by atoms with Gasteiger partial charge in [-0.05, 0) is 30.0 Å². The van der Waals surface area contributed by atoms with Gasteiger partial charge in [0.15, 0.2) is 11.6 Å². The van der Waals surface area contributed by atoms with E-state index in [2.05, 4.69) is 10.6 Å². The van der Waals surface area contributed by atoms with E-state index in [1.165, 1.54) is 13.2 Å². The van der Waals surface area contributed by atoms with Crippen molar-refractivity contribution in [3.8, 4) is 0 Å². The molecule has 5 nitrogen and oxygen atoms in total. The molecule has 1 aromatic rings. The van der Waals surface area contributed by atoms with Crippen molar-refractivity contribution < 1.29 is 23.4 Å². The number of rotatable bonds is 8. The molecular formula is C16H24F2N2O3. The van der Waals surface area contributed by atoms with E-state index in [0.717, 1.165) is 12.1 Å². The Morgan fingerprint density at radius 2 is 1.96 bits per heavy atom. The van der Waals surface area contributed by atoms with Gasteiger partial charge in [-0.2, -0.15) is 0 Å². The Labute approximate surface area is 135 Å². The van der Waals surface area contributed by atoms with Crippen LogP contribution in [0.5, 0.6) is 0 Å². The van der Waals surface area contributed by atoms with E-state index >= 15 is 0 Å². The second-order valence-electron chi connectivity index (χ2n) is 5.66. The van der Waals surface area contributed by atoms with E-state index in [-0.39, 0.29) is 25.2 Å². The topological polar surface area (TPSA) is 70.6 Å². The number of urea groups is 1. The van der Waals surface area contributed by atoms with Crippen molar-refractivity contribution in [3.05, 3.63) is 35.4 Å². The number of nitrogens with one attached hydrogen (secondary N) is 2. The second kappa shape index (κ2) is 9.42. The highest BCUT2D eigenvalue weighted by molar-refractivity contribution is 5.74. The average molecular weight is 330 g/mol. The van der Waals surface area contributed by atoms with Crippen LogP contribution in [-0.2, 0) is 4.74 Å². The molecule has 1 aromatic carbocycles. The van der Waals surface area contributed by atoms with Gasteiger partial charge in [0.05, 0.1) is 12.6 Å². The summed E-state index contributed by atoms with van der Waals surface area (Å²) in [6.45, 7) is 3.95. The first-order valence-electron chi connectivity index (χ1n) is 7.50. The maximum atomic E-state index is 13.4. The van der Waals surface area contributed by atoms with Crippen molar-refractivity contribution in [2.45, 2.75) is 32.4 Å². The summed E-state index contributed by atoms with van der Waals surface area (Å²) in [6.07, 6.45) is 0.436. The number of benzene rings is 1. The van der Waals surface area contributed by atoms with Crippen LogP contribution in [0.1, 0.15) is 31.9 Å². The predicted molar refractivity (Wildman–Crippen MR) is 83.0 cm³/mol. The third-order valence-corrected chi connectivity index (χ3v) is 3.55. The summed E-state index contributed by atoms with van der Waals surface area (Å²) >= 11 is 0. The highest BCUT2D eigenvalue weighted by Gasteiger charge is 2.20. The van der Waals surface area contributed by atoms with E-state index in [9.17, 15) is 13.6 Å². The SMILES string of the molecule is COCC(NC(=O)NC(CCO)C(C)C)c1ccc(F)c(F)c1. The summed E-state index contributed by atoms with van der Waals surface area (Å²) < 4.78 is 31.4. The monoisotopic (exact) mass is 330 g/mol. The fourth-order valence-corrected chi connectivity index (χ4v) is 2.20. The molecule has 1 rings (SSSR count). The van der Waals surface area contributed by atoms with Gasteiger partial charge in [-0.15, -0.1) is 0 Å². The molecule has 130 valence electrons. The van der Waals surface area contributed by atoms with Crippen molar-refractivity contribution in [1.29, 1.82) is 0 Å². The third-order valence-electron chi connectivity index (χ3n) is 3.55. The van der Waals surface area contributed by atoms with Crippen LogP contribution >= 0.6 is 0 Å². The lowest BCUT2D eigenvalue weighted by Crippen LogP contribution is -2.46. The van der Waals surface area contributed by atoms with E-state index < -0.39 is 23.7 Å². The number of aliphatic hydroxyl groups excluding tert-OH is 1. The number of hydrogen-bond acceptors (Lipinski definition) is 3. The lowest BCUT2D eigenvalue weighted by atomic mass is 10.0. The smallest absolute Gasteiger partial charge is 0.315 e. The van der Waals surface area contributed by atoms with Crippen LogP contribution in [-0.4, -0.2) is 37.5 Å². The fourth-order valence-electron chi connectivity index (χ4n) is 2.20. The molecule has 0 fully saturated rings. The van der Waals surface area contributed by atoms with Crippen molar-refractivity contribution in [1.82, 2.24) is 10.6 Å². The van der Waals surface area contributed by atoms with Gasteiger partial charge in [-0.1, -0.05) is 19.9 Å². The molecule has 0 aliphatic carbocycles. The van der Waals surface area contributed by atoms with Gasteiger partial charge in [-0.3, -0.25) is 0 Å². The standard InChI is InChI=1S/C16H24F2N2O3/c1-10(2)14(6-7-21)19-16(22)20-15(9-23-3)11-4-5-12(17)13(18)8-11/h4-5,8,10,14-15,21H,6-7,9H2,1-3H3,(H2,19,20,22). The van der Waals surface area contributed by atoms with E-state index in [1.54, 1.807) is 0 Å². The van der Waals surface area contributed by atoms with Crippen LogP contribution in [0.3, 0.4) is 0 Å². The van der Waals surface area contributed by atoms with E-state index in [0.29, 0.717) is 12.0 Å². The van der Waals surface area contributed by atoms with Crippen molar-refractivity contribution in [3.63, 3.8) is 0 Å².